The second kappa shape index (κ2) is 7.50. The Kier molecular flexibility index (Phi) is 4.74. The predicted octanol–water partition coefficient (Wildman–Crippen LogP) is 4.75. The molecule has 0 atom stereocenters. The number of aromatic nitrogens is 2. The SMILES string of the molecule is O=C(O)c1ccc(C=Cc2n[nH]c3ccccc23)c(NC(=O)c2cccs2)c1. The van der Waals surface area contributed by atoms with Crippen LogP contribution in [0.4, 0.5) is 5.69 Å². The molecule has 0 saturated carbocycles. The molecule has 0 radical (unpaired) electrons. The molecule has 0 spiro atoms. The summed E-state index contributed by atoms with van der Waals surface area (Å²) in [6, 6.07) is 15.9. The first-order chi connectivity index (χ1) is 13.6. The van der Waals surface area contributed by atoms with Crippen molar-refractivity contribution >= 4 is 52.0 Å². The minimum Gasteiger partial charge on any atom is -0.478 e. The molecular formula is C21H15N3O3S. The van der Waals surface area contributed by atoms with Gasteiger partial charge < -0.3 is 10.4 Å². The number of hydrogen-bond acceptors (Lipinski definition) is 4. The van der Waals surface area contributed by atoms with E-state index in [4.69, 9.17) is 0 Å². The molecular weight excluding hydrogens is 374 g/mol. The number of H-pyrrole nitrogens is 1. The molecule has 6 nitrogen and oxygen atoms in total. The van der Waals surface area contributed by atoms with Gasteiger partial charge in [-0.2, -0.15) is 5.10 Å². The summed E-state index contributed by atoms with van der Waals surface area (Å²) in [4.78, 5) is 24.3. The number of hydrogen-bond donors (Lipinski definition) is 3. The summed E-state index contributed by atoms with van der Waals surface area (Å²) in [6.45, 7) is 0. The van der Waals surface area contributed by atoms with E-state index in [1.54, 1.807) is 24.3 Å². The maximum atomic E-state index is 12.4. The lowest BCUT2D eigenvalue weighted by Crippen LogP contribution is -2.12. The van der Waals surface area contributed by atoms with Crippen LogP contribution in [0.3, 0.4) is 0 Å². The van der Waals surface area contributed by atoms with E-state index in [1.165, 1.54) is 23.5 Å². The molecule has 3 N–H and O–H groups in total. The summed E-state index contributed by atoms with van der Waals surface area (Å²) >= 11 is 1.32. The van der Waals surface area contributed by atoms with Crippen LogP contribution in [0.25, 0.3) is 23.1 Å². The number of carbonyl (C=O) groups is 2. The van der Waals surface area contributed by atoms with Gasteiger partial charge in [0.25, 0.3) is 5.91 Å². The highest BCUT2D eigenvalue weighted by Crippen LogP contribution is 2.24. The second-order valence-corrected chi connectivity index (χ2v) is 6.97. The number of aromatic carboxylic acids is 1. The fourth-order valence-corrected chi connectivity index (χ4v) is 3.43. The Bertz CT molecular complexity index is 1190. The maximum absolute atomic E-state index is 12.4. The first kappa shape index (κ1) is 17.7. The Labute approximate surface area is 164 Å². The van der Waals surface area contributed by atoms with Crippen LogP contribution >= 0.6 is 11.3 Å². The van der Waals surface area contributed by atoms with E-state index in [0.717, 1.165) is 16.6 Å². The largest absolute Gasteiger partial charge is 0.478 e. The molecule has 28 heavy (non-hydrogen) atoms. The van der Waals surface area contributed by atoms with E-state index >= 15 is 0 Å². The van der Waals surface area contributed by atoms with E-state index in [2.05, 4.69) is 15.5 Å². The zero-order chi connectivity index (χ0) is 19.5. The molecule has 0 unspecified atom stereocenters. The standard InChI is InChI=1S/C21H15N3O3S/c25-20(19-6-3-11-28-19)22-18-12-14(21(26)27)8-7-13(18)9-10-17-15-4-1-2-5-16(15)23-24-17/h1-12H,(H,22,25)(H,23,24)(H,26,27). The molecule has 2 heterocycles. The monoisotopic (exact) mass is 389 g/mol. The molecule has 0 aliphatic rings. The minimum atomic E-state index is -1.06. The van der Waals surface area contributed by atoms with Crippen molar-refractivity contribution in [3.8, 4) is 0 Å². The van der Waals surface area contributed by atoms with Crippen LogP contribution in [0.2, 0.25) is 0 Å². The molecule has 2 aromatic carbocycles. The van der Waals surface area contributed by atoms with Crippen molar-refractivity contribution in [3.05, 3.63) is 81.7 Å². The number of benzene rings is 2. The van der Waals surface area contributed by atoms with E-state index in [-0.39, 0.29) is 11.5 Å². The van der Waals surface area contributed by atoms with Crippen molar-refractivity contribution in [2.24, 2.45) is 0 Å². The van der Waals surface area contributed by atoms with Crippen molar-refractivity contribution in [3.63, 3.8) is 0 Å². The number of amides is 1. The van der Waals surface area contributed by atoms with Gasteiger partial charge in [0.05, 0.1) is 21.7 Å². The summed E-state index contributed by atoms with van der Waals surface area (Å²) < 4.78 is 0. The van der Waals surface area contributed by atoms with Gasteiger partial charge in [0, 0.05) is 11.1 Å². The van der Waals surface area contributed by atoms with Gasteiger partial charge in [-0.3, -0.25) is 9.89 Å². The number of carbonyl (C=O) groups excluding carboxylic acids is 1. The summed E-state index contributed by atoms with van der Waals surface area (Å²) in [5.74, 6) is -1.34. The highest BCUT2D eigenvalue weighted by molar-refractivity contribution is 7.12. The highest BCUT2D eigenvalue weighted by Gasteiger charge is 2.12. The van der Waals surface area contributed by atoms with Crippen molar-refractivity contribution < 1.29 is 14.7 Å². The lowest BCUT2D eigenvalue weighted by atomic mass is 10.1. The van der Waals surface area contributed by atoms with Crippen LogP contribution in [-0.4, -0.2) is 27.2 Å². The normalized spacial score (nSPS) is 11.1. The Morgan fingerprint density at radius 2 is 1.93 bits per heavy atom. The topological polar surface area (TPSA) is 95.1 Å². The van der Waals surface area contributed by atoms with Gasteiger partial charge in [-0.15, -0.1) is 11.3 Å². The molecule has 2 aromatic heterocycles. The third-order valence-corrected chi connectivity index (χ3v) is 5.08. The molecule has 0 bridgehead atoms. The van der Waals surface area contributed by atoms with E-state index < -0.39 is 5.97 Å². The average molecular weight is 389 g/mol. The van der Waals surface area contributed by atoms with E-state index in [9.17, 15) is 14.7 Å². The maximum Gasteiger partial charge on any atom is 0.335 e. The summed E-state index contributed by atoms with van der Waals surface area (Å²) in [5, 5.41) is 22.1. The quantitative estimate of drug-likeness (QED) is 0.459. The first-order valence-electron chi connectivity index (χ1n) is 8.45. The van der Waals surface area contributed by atoms with Crippen LogP contribution in [0.5, 0.6) is 0 Å². The molecule has 1 amide bonds. The van der Waals surface area contributed by atoms with Crippen LogP contribution < -0.4 is 5.32 Å². The summed E-state index contributed by atoms with van der Waals surface area (Å²) in [6.07, 6.45) is 3.63. The lowest BCUT2D eigenvalue weighted by molar-refractivity contribution is 0.0696. The number of carboxylic acids is 1. The van der Waals surface area contributed by atoms with Gasteiger partial charge in [-0.25, -0.2) is 4.79 Å². The molecule has 0 aliphatic heterocycles. The van der Waals surface area contributed by atoms with Gasteiger partial charge in [-0.05, 0) is 41.3 Å². The molecule has 0 aliphatic carbocycles. The Morgan fingerprint density at radius 1 is 1.07 bits per heavy atom. The van der Waals surface area contributed by atoms with Crippen LogP contribution in [-0.2, 0) is 0 Å². The minimum absolute atomic E-state index is 0.101. The third kappa shape index (κ3) is 3.56. The smallest absolute Gasteiger partial charge is 0.335 e. The number of carboxylic acid groups (broad SMARTS) is 1. The average Bonchev–Trinajstić information content (AvgIpc) is 3.37. The van der Waals surface area contributed by atoms with Crippen molar-refractivity contribution in [1.82, 2.24) is 10.2 Å². The number of nitrogens with zero attached hydrogens (tertiary/aromatic N) is 1. The van der Waals surface area contributed by atoms with Gasteiger partial charge in [-0.1, -0.05) is 36.4 Å². The lowest BCUT2D eigenvalue weighted by Gasteiger charge is -2.09. The van der Waals surface area contributed by atoms with Crippen LogP contribution in [0.15, 0.2) is 60.0 Å². The fraction of sp³-hybridized carbons (Fsp3) is 0. The Morgan fingerprint density at radius 3 is 2.71 bits per heavy atom. The number of thiophene rings is 1. The first-order valence-corrected chi connectivity index (χ1v) is 9.33. The predicted molar refractivity (Wildman–Crippen MR) is 111 cm³/mol. The summed E-state index contributed by atoms with van der Waals surface area (Å²) in [7, 11) is 0. The zero-order valence-electron chi connectivity index (χ0n) is 14.5. The van der Waals surface area contributed by atoms with Crippen molar-refractivity contribution in [2.45, 2.75) is 0 Å². The molecule has 4 rings (SSSR count). The Hall–Kier alpha value is -3.71. The number of aromatic amines is 1. The number of fused-ring (bicyclic) bond motifs is 1. The van der Waals surface area contributed by atoms with E-state index in [1.807, 2.05) is 35.7 Å². The van der Waals surface area contributed by atoms with Gasteiger partial charge in [0.1, 0.15) is 0 Å². The Balaban J connectivity index is 1.69. The van der Waals surface area contributed by atoms with Crippen LogP contribution in [0.1, 0.15) is 31.3 Å². The van der Waals surface area contributed by atoms with Crippen molar-refractivity contribution in [2.75, 3.05) is 5.32 Å². The van der Waals surface area contributed by atoms with Crippen LogP contribution in [0, 0.1) is 0 Å². The van der Waals surface area contributed by atoms with Crippen molar-refractivity contribution in [1.29, 1.82) is 0 Å². The molecule has 7 heteroatoms. The van der Waals surface area contributed by atoms with Gasteiger partial charge in [0.15, 0.2) is 0 Å². The van der Waals surface area contributed by atoms with E-state index in [0.29, 0.717) is 16.1 Å². The highest BCUT2D eigenvalue weighted by atomic mass is 32.1. The third-order valence-electron chi connectivity index (χ3n) is 4.21. The summed E-state index contributed by atoms with van der Waals surface area (Å²) in [5.41, 5.74) is 2.89. The molecule has 0 saturated heterocycles. The van der Waals surface area contributed by atoms with Gasteiger partial charge >= 0.3 is 5.97 Å². The molecule has 4 aromatic rings. The zero-order valence-corrected chi connectivity index (χ0v) is 15.4. The fourth-order valence-electron chi connectivity index (χ4n) is 2.81. The number of para-hydroxylation sites is 1. The second-order valence-electron chi connectivity index (χ2n) is 6.03. The number of rotatable bonds is 5. The molecule has 0 fully saturated rings. The number of anilines is 1. The molecule has 138 valence electrons. The van der Waals surface area contributed by atoms with Gasteiger partial charge in [0.2, 0.25) is 0 Å². The number of nitrogens with one attached hydrogen (secondary N) is 2.